The molecular weight excluding hydrogens is 242 g/mol. The van der Waals surface area contributed by atoms with Gasteiger partial charge in [0.1, 0.15) is 6.29 Å². The Morgan fingerprint density at radius 1 is 1.26 bits per heavy atom. The van der Waals surface area contributed by atoms with Crippen molar-refractivity contribution in [1.82, 2.24) is 20.2 Å². The highest BCUT2D eigenvalue weighted by molar-refractivity contribution is 5.56. The molecule has 3 rings (SSSR count). The summed E-state index contributed by atoms with van der Waals surface area (Å²) in [6, 6.07) is 9.77. The zero-order valence-electron chi connectivity index (χ0n) is 10.5. The summed E-state index contributed by atoms with van der Waals surface area (Å²) < 4.78 is 1.72. The Kier molecular flexibility index (Phi) is 3.22. The molecule has 1 saturated heterocycles. The number of piperidine rings is 1. The molecule has 98 valence electrons. The predicted octanol–water partition coefficient (Wildman–Crippen LogP) is 1.08. The van der Waals surface area contributed by atoms with Crippen molar-refractivity contribution in [2.75, 3.05) is 18.0 Å². The fraction of sp³-hybridized carbons (Fsp3) is 0.385. The van der Waals surface area contributed by atoms with Crippen molar-refractivity contribution in [2.45, 2.75) is 12.8 Å². The van der Waals surface area contributed by atoms with Crippen molar-refractivity contribution in [3.8, 4) is 5.69 Å². The van der Waals surface area contributed by atoms with Gasteiger partial charge in [0.15, 0.2) is 0 Å². The molecule has 1 aliphatic heterocycles. The van der Waals surface area contributed by atoms with Crippen LogP contribution in [0.25, 0.3) is 5.69 Å². The lowest BCUT2D eigenvalue weighted by molar-refractivity contribution is -0.111. The number of carbonyl (C=O) groups excluding carboxylic acids is 1. The minimum absolute atomic E-state index is 0.0784. The van der Waals surface area contributed by atoms with Crippen LogP contribution in [-0.4, -0.2) is 39.6 Å². The Labute approximate surface area is 111 Å². The second kappa shape index (κ2) is 5.17. The molecule has 0 bridgehead atoms. The van der Waals surface area contributed by atoms with Crippen molar-refractivity contribution in [1.29, 1.82) is 0 Å². The number of carbonyl (C=O) groups is 1. The number of rotatable bonds is 3. The lowest BCUT2D eigenvalue weighted by atomic mass is 10.0. The van der Waals surface area contributed by atoms with Crippen molar-refractivity contribution in [2.24, 2.45) is 5.92 Å². The van der Waals surface area contributed by atoms with E-state index in [-0.39, 0.29) is 5.92 Å². The number of aldehydes is 1. The topological polar surface area (TPSA) is 63.9 Å². The van der Waals surface area contributed by atoms with Crippen LogP contribution in [0.1, 0.15) is 12.8 Å². The van der Waals surface area contributed by atoms with Crippen LogP contribution < -0.4 is 4.90 Å². The Balaban J connectivity index is 1.90. The monoisotopic (exact) mass is 257 g/mol. The SMILES string of the molecule is O=CC1CCCN(c2nnnn2-c2ccccc2)C1. The summed E-state index contributed by atoms with van der Waals surface area (Å²) in [5.41, 5.74) is 0.927. The van der Waals surface area contributed by atoms with Gasteiger partial charge in [-0.05, 0) is 35.4 Å². The van der Waals surface area contributed by atoms with Gasteiger partial charge in [-0.25, -0.2) is 0 Å². The largest absolute Gasteiger partial charge is 0.339 e. The normalized spacial score (nSPS) is 19.4. The fourth-order valence-electron chi connectivity index (χ4n) is 2.42. The minimum atomic E-state index is 0.0784. The molecule has 2 heterocycles. The number of para-hydroxylation sites is 1. The van der Waals surface area contributed by atoms with Crippen LogP contribution >= 0.6 is 0 Å². The summed E-state index contributed by atoms with van der Waals surface area (Å²) in [7, 11) is 0. The molecule has 0 N–H and O–H groups in total. The highest BCUT2D eigenvalue weighted by atomic mass is 16.1. The van der Waals surface area contributed by atoms with Gasteiger partial charge in [0.2, 0.25) is 5.95 Å². The van der Waals surface area contributed by atoms with Crippen molar-refractivity contribution in [3.63, 3.8) is 0 Å². The summed E-state index contributed by atoms with van der Waals surface area (Å²) in [4.78, 5) is 13.0. The molecule has 1 unspecified atom stereocenters. The number of nitrogens with zero attached hydrogens (tertiary/aromatic N) is 5. The summed E-state index contributed by atoms with van der Waals surface area (Å²) in [5, 5.41) is 11.9. The van der Waals surface area contributed by atoms with E-state index in [0.29, 0.717) is 12.5 Å². The Morgan fingerprint density at radius 2 is 2.11 bits per heavy atom. The van der Waals surface area contributed by atoms with Gasteiger partial charge in [0, 0.05) is 19.0 Å². The van der Waals surface area contributed by atoms with Gasteiger partial charge in [-0.15, -0.1) is 0 Å². The molecule has 6 nitrogen and oxygen atoms in total. The number of aromatic nitrogens is 4. The average molecular weight is 257 g/mol. The highest BCUT2D eigenvalue weighted by Crippen LogP contribution is 2.21. The van der Waals surface area contributed by atoms with Crippen LogP contribution in [0.5, 0.6) is 0 Å². The van der Waals surface area contributed by atoms with Crippen LogP contribution in [0.2, 0.25) is 0 Å². The maximum absolute atomic E-state index is 10.9. The number of benzene rings is 1. The minimum Gasteiger partial charge on any atom is -0.339 e. The Morgan fingerprint density at radius 3 is 2.89 bits per heavy atom. The summed E-state index contributed by atoms with van der Waals surface area (Å²) in [5.74, 6) is 0.785. The van der Waals surface area contributed by atoms with Crippen molar-refractivity contribution >= 4 is 12.2 Å². The van der Waals surface area contributed by atoms with Crippen LogP contribution in [0.3, 0.4) is 0 Å². The quantitative estimate of drug-likeness (QED) is 0.770. The third-order valence-electron chi connectivity index (χ3n) is 3.39. The molecule has 1 fully saturated rings. The van der Waals surface area contributed by atoms with Gasteiger partial charge in [0.25, 0.3) is 0 Å². The van der Waals surface area contributed by atoms with E-state index < -0.39 is 0 Å². The maximum Gasteiger partial charge on any atom is 0.250 e. The van der Waals surface area contributed by atoms with E-state index in [4.69, 9.17) is 0 Å². The van der Waals surface area contributed by atoms with E-state index >= 15 is 0 Å². The van der Waals surface area contributed by atoms with E-state index in [2.05, 4.69) is 20.4 Å². The first-order valence-corrected chi connectivity index (χ1v) is 6.42. The highest BCUT2D eigenvalue weighted by Gasteiger charge is 2.23. The van der Waals surface area contributed by atoms with Crippen molar-refractivity contribution < 1.29 is 4.79 Å². The smallest absolute Gasteiger partial charge is 0.250 e. The summed E-state index contributed by atoms with van der Waals surface area (Å²) in [6.07, 6.45) is 2.97. The van der Waals surface area contributed by atoms with Crippen LogP contribution in [0.15, 0.2) is 30.3 Å². The molecule has 2 aromatic rings. The van der Waals surface area contributed by atoms with Gasteiger partial charge in [-0.1, -0.05) is 23.3 Å². The lowest BCUT2D eigenvalue weighted by Crippen LogP contribution is -2.37. The van der Waals surface area contributed by atoms with Gasteiger partial charge in [-0.3, -0.25) is 0 Å². The second-order valence-electron chi connectivity index (χ2n) is 4.71. The third-order valence-corrected chi connectivity index (χ3v) is 3.39. The van der Waals surface area contributed by atoms with Gasteiger partial charge < -0.3 is 9.69 Å². The molecule has 0 spiro atoms. The van der Waals surface area contributed by atoms with E-state index in [1.165, 1.54) is 0 Å². The average Bonchev–Trinajstić information content (AvgIpc) is 2.98. The third kappa shape index (κ3) is 2.33. The fourth-order valence-corrected chi connectivity index (χ4v) is 2.42. The molecule has 1 aliphatic rings. The molecule has 0 amide bonds. The lowest BCUT2D eigenvalue weighted by Gasteiger charge is -2.30. The van der Waals surface area contributed by atoms with E-state index in [0.717, 1.165) is 31.4 Å². The standard InChI is InChI=1S/C13H15N5O/c19-10-11-5-4-8-17(9-11)13-14-15-16-18(13)12-6-2-1-3-7-12/h1-3,6-7,10-11H,4-5,8-9H2. The summed E-state index contributed by atoms with van der Waals surface area (Å²) >= 11 is 0. The second-order valence-corrected chi connectivity index (χ2v) is 4.71. The predicted molar refractivity (Wildman–Crippen MR) is 70.2 cm³/mol. The van der Waals surface area contributed by atoms with E-state index in [1.54, 1.807) is 4.68 Å². The number of anilines is 1. The molecule has 1 atom stereocenters. The first-order chi connectivity index (χ1) is 9.38. The summed E-state index contributed by atoms with van der Waals surface area (Å²) in [6.45, 7) is 1.58. The molecule has 19 heavy (non-hydrogen) atoms. The van der Waals surface area contributed by atoms with Crippen LogP contribution in [0, 0.1) is 5.92 Å². The molecule has 0 radical (unpaired) electrons. The molecule has 0 aliphatic carbocycles. The number of hydrogen-bond acceptors (Lipinski definition) is 5. The molecule has 1 aromatic heterocycles. The van der Waals surface area contributed by atoms with Gasteiger partial charge in [0.05, 0.1) is 5.69 Å². The molecule has 6 heteroatoms. The van der Waals surface area contributed by atoms with Crippen molar-refractivity contribution in [3.05, 3.63) is 30.3 Å². The Hall–Kier alpha value is -2.24. The van der Waals surface area contributed by atoms with E-state index in [9.17, 15) is 4.79 Å². The first-order valence-electron chi connectivity index (χ1n) is 6.42. The maximum atomic E-state index is 10.9. The van der Waals surface area contributed by atoms with Gasteiger partial charge >= 0.3 is 0 Å². The first kappa shape index (κ1) is 11.8. The van der Waals surface area contributed by atoms with Crippen LogP contribution in [-0.2, 0) is 4.79 Å². The van der Waals surface area contributed by atoms with Crippen LogP contribution in [0.4, 0.5) is 5.95 Å². The van der Waals surface area contributed by atoms with Gasteiger partial charge in [-0.2, -0.15) is 4.68 Å². The Bertz CT molecular complexity index is 553. The molecule has 0 saturated carbocycles. The zero-order valence-corrected chi connectivity index (χ0v) is 10.5. The number of hydrogen-bond donors (Lipinski definition) is 0. The van der Waals surface area contributed by atoms with E-state index in [1.807, 2.05) is 30.3 Å². The molecule has 1 aromatic carbocycles. The molecular formula is C13H15N5O. The number of tetrazole rings is 1. The zero-order chi connectivity index (χ0) is 13.1.